The number of nitrogens with zero attached hydrogens (tertiary/aromatic N) is 1. The Kier molecular flexibility index (Phi) is 8.80. The molecule has 0 unspecified atom stereocenters. The molecule has 0 aromatic rings. The van der Waals surface area contributed by atoms with Gasteiger partial charge in [0.1, 0.15) is 0 Å². The van der Waals surface area contributed by atoms with Crippen LogP contribution in [0.15, 0.2) is 11.6 Å². The Bertz CT molecular complexity index is 1110. The van der Waals surface area contributed by atoms with Gasteiger partial charge in [0, 0.05) is 13.1 Å². The van der Waals surface area contributed by atoms with Crippen LogP contribution < -0.4 is 0 Å². The highest BCUT2D eigenvalue weighted by molar-refractivity contribution is 5.84. The van der Waals surface area contributed by atoms with Crippen molar-refractivity contribution in [2.45, 2.75) is 139 Å². The lowest BCUT2D eigenvalue weighted by molar-refractivity contribution is -0.207. The average molecular weight is 598 g/mol. The molecule has 5 heteroatoms. The molecule has 0 bridgehead atoms. The summed E-state index contributed by atoms with van der Waals surface area (Å²) in [5, 5.41) is 11.0. The summed E-state index contributed by atoms with van der Waals surface area (Å²) in [6.45, 7) is 22.6. The zero-order valence-corrected chi connectivity index (χ0v) is 29.1. The van der Waals surface area contributed by atoms with Crippen LogP contribution in [0.25, 0.3) is 0 Å². The first-order valence-corrected chi connectivity index (χ1v) is 18.0. The number of carbonyl (C=O) groups excluding carboxylic acids is 2. The Morgan fingerprint density at radius 3 is 2.23 bits per heavy atom. The number of carbonyl (C=O) groups is 2. The van der Waals surface area contributed by atoms with Crippen LogP contribution in [-0.4, -0.2) is 47.7 Å². The summed E-state index contributed by atoms with van der Waals surface area (Å²) in [6.07, 6.45) is 13.4. The average Bonchev–Trinajstić information content (AvgIpc) is 2.96. The van der Waals surface area contributed by atoms with E-state index in [0.717, 1.165) is 57.8 Å². The van der Waals surface area contributed by atoms with E-state index in [4.69, 9.17) is 4.74 Å². The van der Waals surface area contributed by atoms with E-state index in [2.05, 4.69) is 68.4 Å². The van der Waals surface area contributed by atoms with Crippen LogP contribution in [0.3, 0.4) is 0 Å². The molecule has 244 valence electrons. The van der Waals surface area contributed by atoms with E-state index in [1.54, 1.807) is 0 Å². The number of rotatable bonds is 7. The minimum absolute atomic E-state index is 0.0404. The van der Waals surface area contributed by atoms with Gasteiger partial charge in [0.15, 0.2) is 6.61 Å². The molecule has 0 aliphatic heterocycles. The van der Waals surface area contributed by atoms with Gasteiger partial charge in [-0.15, -0.1) is 0 Å². The van der Waals surface area contributed by atoms with E-state index >= 15 is 0 Å². The molecule has 5 nitrogen and oxygen atoms in total. The number of aliphatic hydroxyl groups excluding tert-OH is 1. The van der Waals surface area contributed by atoms with Crippen molar-refractivity contribution in [3.63, 3.8) is 0 Å². The highest BCUT2D eigenvalue weighted by Gasteiger charge is 2.69. The monoisotopic (exact) mass is 597 g/mol. The molecule has 0 spiro atoms. The van der Waals surface area contributed by atoms with Crippen molar-refractivity contribution in [2.75, 3.05) is 19.7 Å². The van der Waals surface area contributed by atoms with Crippen molar-refractivity contribution < 1.29 is 19.4 Å². The number of amides is 1. The van der Waals surface area contributed by atoms with Crippen molar-refractivity contribution >= 4 is 11.9 Å². The van der Waals surface area contributed by atoms with E-state index in [1.165, 1.54) is 18.4 Å². The standard InChI is InChI=1S/C38H63NO4/c1-10-22-39(23-11-2)31(41)24-43-33(42)38-19-14-25(3)26(4)32(38)27-12-13-29-35(7)17-16-30(40)34(5,6)28(35)15-18-37(29,9)36(27,8)20-21-38/h12,25-26,28-30,32,40H,10-11,13-24H2,1-9H3/t25-,26+,28+,29-,30+,32+,35+,36-,37-,38+/m1/s1. The summed E-state index contributed by atoms with van der Waals surface area (Å²) < 4.78 is 6.04. The molecule has 0 radical (unpaired) electrons. The number of esters is 1. The first-order valence-electron chi connectivity index (χ1n) is 18.0. The maximum atomic E-state index is 14.3. The van der Waals surface area contributed by atoms with E-state index in [0.29, 0.717) is 36.8 Å². The minimum atomic E-state index is -0.529. The van der Waals surface area contributed by atoms with Gasteiger partial charge < -0.3 is 14.7 Å². The molecule has 4 fully saturated rings. The van der Waals surface area contributed by atoms with Crippen molar-refractivity contribution in [1.82, 2.24) is 4.90 Å². The normalized spacial score (nSPS) is 45.0. The molecule has 0 saturated heterocycles. The first kappa shape index (κ1) is 33.0. The Hall–Kier alpha value is -1.36. The van der Waals surface area contributed by atoms with Crippen molar-refractivity contribution in [3.8, 4) is 0 Å². The fraction of sp³-hybridized carbons (Fsp3) is 0.895. The molecule has 10 atom stereocenters. The lowest BCUT2D eigenvalue weighted by Crippen LogP contribution is -2.65. The summed E-state index contributed by atoms with van der Waals surface area (Å²) >= 11 is 0. The molecular formula is C38H63NO4. The second kappa shape index (κ2) is 11.5. The van der Waals surface area contributed by atoms with Gasteiger partial charge in [-0.1, -0.05) is 74.0 Å². The SMILES string of the molecule is CCCN(CCC)C(=O)COC(=O)[C@]12CC[C@@H](C)[C@H](C)[C@H]1C1=CC[C@@H]3[C@@]4(C)CC[C@H](O)C(C)(C)[C@@H]4CC[C@@]3(C)[C@]1(C)CC2. The number of hydrogen-bond acceptors (Lipinski definition) is 4. The number of ether oxygens (including phenoxy) is 1. The number of aliphatic hydroxyl groups is 1. The maximum absolute atomic E-state index is 14.3. The van der Waals surface area contributed by atoms with Gasteiger partial charge in [0.2, 0.25) is 0 Å². The molecule has 0 heterocycles. The number of hydrogen-bond donors (Lipinski definition) is 1. The molecule has 0 aromatic heterocycles. The third kappa shape index (κ3) is 4.78. The van der Waals surface area contributed by atoms with Gasteiger partial charge in [-0.05, 0) is 122 Å². The fourth-order valence-electron chi connectivity index (χ4n) is 12.1. The summed E-state index contributed by atoms with van der Waals surface area (Å²) in [5.74, 6) is 2.06. The van der Waals surface area contributed by atoms with E-state index in [1.807, 2.05) is 4.90 Å². The number of allylic oxidation sites excluding steroid dienone is 2. The van der Waals surface area contributed by atoms with Gasteiger partial charge >= 0.3 is 5.97 Å². The fourth-order valence-corrected chi connectivity index (χ4v) is 12.1. The molecule has 43 heavy (non-hydrogen) atoms. The van der Waals surface area contributed by atoms with Gasteiger partial charge in [0.25, 0.3) is 5.91 Å². The van der Waals surface area contributed by atoms with Gasteiger partial charge in [0.05, 0.1) is 11.5 Å². The lowest BCUT2D eigenvalue weighted by Gasteiger charge is -2.71. The third-order valence-electron chi connectivity index (χ3n) is 15.0. The van der Waals surface area contributed by atoms with E-state index in [-0.39, 0.29) is 52.2 Å². The molecule has 0 aromatic carbocycles. The lowest BCUT2D eigenvalue weighted by atomic mass is 9.33. The van der Waals surface area contributed by atoms with Gasteiger partial charge in [-0.2, -0.15) is 0 Å². The number of fused-ring (bicyclic) bond motifs is 7. The Labute approximate surface area is 263 Å². The van der Waals surface area contributed by atoms with Crippen molar-refractivity contribution in [2.24, 2.45) is 56.7 Å². The van der Waals surface area contributed by atoms with Gasteiger partial charge in [-0.3, -0.25) is 9.59 Å². The second-order valence-corrected chi connectivity index (χ2v) is 17.1. The third-order valence-corrected chi connectivity index (χ3v) is 15.0. The first-order chi connectivity index (χ1) is 20.1. The predicted molar refractivity (Wildman–Crippen MR) is 173 cm³/mol. The van der Waals surface area contributed by atoms with Crippen molar-refractivity contribution in [1.29, 1.82) is 0 Å². The van der Waals surface area contributed by atoms with Crippen LogP contribution in [-0.2, 0) is 14.3 Å². The molecule has 5 rings (SSSR count). The summed E-state index contributed by atoms with van der Waals surface area (Å²) in [5.41, 5.74) is 1.36. The van der Waals surface area contributed by atoms with Crippen LogP contribution in [0.5, 0.6) is 0 Å². The Morgan fingerprint density at radius 2 is 1.58 bits per heavy atom. The van der Waals surface area contributed by atoms with Crippen LogP contribution in [0, 0.1) is 56.7 Å². The smallest absolute Gasteiger partial charge is 0.313 e. The van der Waals surface area contributed by atoms with Crippen LogP contribution >= 0.6 is 0 Å². The maximum Gasteiger partial charge on any atom is 0.313 e. The summed E-state index contributed by atoms with van der Waals surface area (Å²) in [6, 6.07) is 0. The zero-order valence-electron chi connectivity index (χ0n) is 29.1. The van der Waals surface area contributed by atoms with Crippen LogP contribution in [0.2, 0.25) is 0 Å². The second-order valence-electron chi connectivity index (χ2n) is 17.1. The Balaban J connectivity index is 1.47. The molecule has 1 amide bonds. The Morgan fingerprint density at radius 1 is 0.907 bits per heavy atom. The molecule has 5 aliphatic rings. The topological polar surface area (TPSA) is 66.8 Å². The zero-order chi connectivity index (χ0) is 31.6. The highest BCUT2D eigenvalue weighted by Crippen LogP contribution is 2.75. The van der Waals surface area contributed by atoms with E-state index < -0.39 is 5.41 Å². The minimum Gasteiger partial charge on any atom is -0.455 e. The molecule has 5 aliphatic carbocycles. The molecule has 4 saturated carbocycles. The van der Waals surface area contributed by atoms with Crippen LogP contribution in [0.1, 0.15) is 133 Å². The van der Waals surface area contributed by atoms with Crippen molar-refractivity contribution in [3.05, 3.63) is 11.6 Å². The highest BCUT2D eigenvalue weighted by atomic mass is 16.5. The van der Waals surface area contributed by atoms with Crippen LogP contribution in [0.4, 0.5) is 0 Å². The summed E-state index contributed by atoms with van der Waals surface area (Å²) in [4.78, 5) is 29.2. The summed E-state index contributed by atoms with van der Waals surface area (Å²) in [7, 11) is 0. The molecule has 1 N–H and O–H groups in total. The predicted octanol–water partition coefficient (Wildman–Crippen LogP) is 8.20. The quantitative estimate of drug-likeness (QED) is 0.237. The largest absolute Gasteiger partial charge is 0.455 e. The van der Waals surface area contributed by atoms with Gasteiger partial charge in [-0.25, -0.2) is 0 Å². The van der Waals surface area contributed by atoms with E-state index in [9.17, 15) is 14.7 Å². The molecular weight excluding hydrogens is 534 g/mol.